The quantitative estimate of drug-likeness (QED) is 0.138. The van der Waals surface area contributed by atoms with Gasteiger partial charge in [0.25, 0.3) is 0 Å². The van der Waals surface area contributed by atoms with Crippen LogP contribution in [0.3, 0.4) is 0 Å². The van der Waals surface area contributed by atoms with E-state index in [0.29, 0.717) is 32.4 Å². The molecule has 9 N–H and O–H groups in total. The number of nitrogens with one attached hydrogen (secondary N) is 4. The fourth-order valence-electron chi connectivity index (χ4n) is 3.05. The van der Waals surface area contributed by atoms with Crippen molar-refractivity contribution >= 4 is 23.7 Å². The molecule has 3 amide bonds. The van der Waals surface area contributed by atoms with Crippen molar-refractivity contribution in [3.05, 3.63) is 0 Å². The van der Waals surface area contributed by atoms with E-state index >= 15 is 0 Å². The maximum absolute atomic E-state index is 12.8. The van der Waals surface area contributed by atoms with Gasteiger partial charge in [-0.2, -0.15) is 0 Å². The highest BCUT2D eigenvalue weighted by atomic mass is 16.4. The Morgan fingerprint density at radius 2 is 1.80 bits per heavy atom. The Labute approximate surface area is 175 Å². The van der Waals surface area contributed by atoms with Gasteiger partial charge in [-0.05, 0) is 52.1 Å². The van der Waals surface area contributed by atoms with E-state index < -0.39 is 54.7 Å². The molecule has 0 aliphatic carbocycles. The number of amides is 3. The molecular formula is C18H33N5O7. The van der Waals surface area contributed by atoms with Gasteiger partial charge in [0, 0.05) is 0 Å². The van der Waals surface area contributed by atoms with Gasteiger partial charge < -0.3 is 42.3 Å². The van der Waals surface area contributed by atoms with E-state index in [-0.39, 0.29) is 12.3 Å². The monoisotopic (exact) mass is 431 g/mol. The van der Waals surface area contributed by atoms with Gasteiger partial charge in [-0.1, -0.05) is 0 Å². The summed E-state index contributed by atoms with van der Waals surface area (Å²) in [5.41, 5.74) is 5.48. The molecule has 1 fully saturated rings. The Hall–Kier alpha value is -2.28. The van der Waals surface area contributed by atoms with E-state index in [1.165, 1.54) is 6.92 Å². The molecule has 0 aromatic rings. The summed E-state index contributed by atoms with van der Waals surface area (Å²) in [6, 6.07) is -4.39. The van der Waals surface area contributed by atoms with Gasteiger partial charge in [0.1, 0.15) is 18.1 Å². The van der Waals surface area contributed by atoms with Crippen molar-refractivity contribution in [1.29, 1.82) is 0 Å². The number of hydrogen-bond donors (Lipinski definition) is 8. The minimum Gasteiger partial charge on any atom is -0.480 e. The summed E-state index contributed by atoms with van der Waals surface area (Å²) in [7, 11) is 0. The number of aliphatic hydroxyl groups excluding tert-OH is 2. The van der Waals surface area contributed by atoms with Gasteiger partial charge in [0.05, 0.1) is 18.8 Å². The molecule has 0 aromatic heterocycles. The second kappa shape index (κ2) is 13.1. The second-order valence-corrected chi connectivity index (χ2v) is 7.30. The first-order chi connectivity index (χ1) is 14.2. The Kier molecular flexibility index (Phi) is 11.3. The third-order valence-corrected chi connectivity index (χ3v) is 4.82. The van der Waals surface area contributed by atoms with Gasteiger partial charge in [-0.25, -0.2) is 4.79 Å². The van der Waals surface area contributed by atoms with Gasteiger partial charge >= 0.3 is 5.97 Å². The van der Waals surface area contributed by atoms with E-state index in [1.807, 2.05) is 0 Å². The molecule has 12 heteroatoms. The van der Waals surface area contributed by atoms with Crippen molar-refractivity contribution in [3.8, 4) is 0 Å². The Morgan fingerprint density at radius 1 is 1.10 bits per heavy atom. The molecule has 1 rings (SSSR count). The predicted octanol–water partition coefficient (Wildman–Crippen LogP) is -3.22. The summed E-state index contributed by atoms with van der Waals surface area (Å²) in [6.07, 6.45) is 1.63. The van der Waals surface area contributed by atoms with E-state index in [4.69, 9.17) is 15.9 Å². The zero-order valence-electron chi connectivity index (χ0n) is 17.1. The minimum absolute atomic E-state index is 0.282. The Bertz CT molecular complexity index is 595. The number of carboxylic acid groups (broad SMARTS) is 1. The first kappa shape index (κ1) is 25.8. The first-order valence-electron chi connectivity index (χ1n) is 10.1. The fraction of sp³-hybridized carbons (Fsp3) is 0.778. The number of aliphatic hydroxyl groups is 2. The lowest BCUT2D eigenvalue weighted by atomic mass is 10.1. The molecule has 1 heterocycles. The summed E-state index contributed by atoms with van der Waals surface area (Å²) in [5.74, 6) is -3.44. The van der Waals surface area contributed by atoms with E-state index in [1.54, 1.807) is 0 Å². The number of carboxylic acids is 1. The molecule has 0 saturated carbocycles. The van der Waals surface area contributed by atoms with Crippen molar-refractivity contribution in [3.63, 3.8) is 0 Å². The molecule has 5 atom stereocenters. The largest absolute Gasteiger partial charge is 0.480 e. The highest BCUT2D eigenvalue weighted by Gasteiger charge is 2.33. The summed E-state index contributed by atoms with van der Waals surface area (Å²) < 4.78 is 0. The lowest BCUT2D eigenvalue weighted by molar-refractivity contribution is -0.144. The van der Waals surface area contributed by atoms with Crippen LogP contribution in [0.5, 0.6) is 0 Å². The van der Waals surface area contributed by atoms with E-state index in [2.05, 4.69) is 21.3 Å². The summed E-state index contributed by atoms with van der Waals surface area (Å²) >= 11 is 0. The Morgan fingerprint density at radius 3 is 2.30 bits per heavy atom. The van der Waals surface area contributed by atoms with Crippen molar-refractivity contribution in [2.45, 2.75) is 69.3 Å². The molecule has 0 radical (unpaired) electrons. The fourth-order valence-corrected chi connectivity index (χ4v) is 3.05. The summed E-state index contributed by atoms with van der Waals surface area (Å²) in [6.45, 7) is 1.53. The maximum atomic E-state index is 12.8. The van der Waals surface area contributed by atoms with Gasteiger partial charge in [0.2, 0.25) is 17.7 Å². The van der Waals surface area contributed by atoms with Crippen molar-refractivity contribution in [2.75, 3.05) is 19.7 Å². The predicted molar refractivity (Wildman–Crippen MR) is 106 cm³/mol. The number of carbonyl (C=O) groups excluding carboxylic acids is 3. The molecule has 0 aromatic carbocycles. The van der Waals surface area contributed by atoms with Gasteiger partial charge in [-0.3, -0.25) is 14.4 Å². The summed E-state index contributed by atoms with van der Waals surface area (Å²) in [5, 5.41) is 38.0. The van der Waals surface area contributed by atoms with Gasteiger partial charge in [-0.15, -0.1) is 0 Å². The molecule has 12 nitrogen and oxygen atoms in total. The summed E-state index contributed by atoms with van der Waals surface area (Å²) in [4.78, 5) is 48.5. The molecule has 1 saturated heterocycles. The molecule has 30 heavy (non-hydrogen) atoms. The van der Waals surface area contributed by atoms with Gasteiger partial charge in [0.15, 0.2) is 0 Å². The van der Waals surface area contributed by atoms with Crippen LogP contribution < -0.4 is 27.0 Å². The van der Waals surface area contributed by atoms with Crippen LogP contribution in [0.15, 0.2) is 0 Å². The molecule has 1 aliphatic heterocycles. The van der Waals surface area contributed by atoms with Crippen molar-refractivity contribution in [1.82, 2.24) is 21.3 Å². The minimum atomic E-state index is -1.58. The van der Waals surface area contributed by atoms with Crippen LogP contribution in [-0.4, -0.2) is 89.0 Å². The zero-order chi connectivity index (χ0) is 22.7. The van der Waals surface area contributed by atoms with Crippen LogP contribution in [0.1, 0.15) is 39.0 Å². The van der Waals surface area contributed by atoms with Crippen LogP contribution >= 0.6 is 0 Å². The average molecular weight is 431 g/mol. The van der Waals surface area contributed by atoms with E-state index in [0.717, 1.165) is 6.42 Å². The molecule has 1 aliphatic rings. The lowest BCUT2D eigenvalue weighted by Gasteiger charge is -2.26. The number of unbranched alkanes of at least 4 members (excludes halogenated alkanes) is 1. The molecule has 0 spiro atoms. The third kappa shape index (κ3) is 8.22. The van der Waals surface area contributed by atoms with Crippen molar-refractivity contribution in [2.24, 2.45) is 5.73 Å². The average Bonchev–Trinajstić information content (AvgIpc) is 3.23. The van der Waals surface area contributed by atoms with E-state index in [9.17, 15) is 24.3 Å². The SMILES string of the molecule is CC(O)C(NC(=O)C(CCCCN)NC(=O)C1CCCN1)C(=O)NC(CO)C(=O)O. The number of carbonyl (C=O) groups is 4. The van der Waals surface area contributed by atoms with Crippen LogP contribution in [-0.2, 0) is 19.2 Å². The Balaban J connectivity index is 2.83. The standard InChI is InChI=1S/C18H33N5O7/c1-10(25)14(17(28)22-13(9-24)18(29)30)23-16(27)12(5-2-3-7-19)21-15(26)11-6-4-8-20-11/h10-14,20,24-25H,2-9,19H2,1H3,(H,21,26)(H,22,28)(H,23,27)(H,29,30). The first-order valence-corrected chi connectivity index (χ1v) is 10.1. The molecule has 0 bridgehead atoms. The third-order valence-electron chi connectivity index (χ3n) is 4.82. The van der Waals surface area contributed by atoms with Crippen LogP contribution in [0.25, 0.3) is 0 Å². The highest BCUT2D eigenvalue weighted by molar-refractivity contribution is 5.94. The van der Waals surface area contributed by atoms with Crippen LogP contribution in [0.4, 0.5) is 0 Å². The topological polar surface area (TPSA) is 203 Å². The normalized spacial score (nSPS) is 19.9. The smallest absolute Gasteiger partial charge is 0.328 e. The molecule has 5 unspecified atom stereocenters. The lowest BCUT2D eigenvalue weighted by Crippen LogP contribution is -2.60. The van der Waals surface area contributed by atoms with Crippen LogP contribution in [0, 0.1) is 0 Å². The number of aliphatic carboxylic acids is 1. The highest BCUT2D eigenvalue weighted by Crippen LogP contribution is 2.08. The molecule has 172 valence electrons. The maximum Gasteiger partial charge on any atom is 0.328 e. The molecular weight excluding hydrogens is 398 g/mol. The number of nitrogens with two attached hydrogens (primary N) is 1. The second-order valence-electron chi connectivity index (χ2n) is 7.30. The van der Waals surface area contributed by atoms with Crippen LogP contribution in [0.2, 0.25) is 0 Å². The van der Waals surface area contributed by atoms with Crippen molar-refractivity contribution < 1.29 is 34.5 Å². The zero-order valence-corrected chi connectivity index (χ0v) is 17.1. The number of rotatable bonds is 13. The number of hydrogen-bond acceptors (Lipinski definition) is 8.